The van der Waals surface area contributed by atoms with E-state index in [0.717, 1.165) is 33.4 Å². The van der Waals surface area contributed by atoms with E-state index in [0.29, 0.717) is 25.1 Å². The molecular weight excluding hydrogens is 310 g/mol. The molecule has 1 N–H and O–H groups in total. The van der Waals surface area contributed by atoms with Gasteiger partial charge in [-0.2, -0.15) is 0 Å². The first-order valence-electron chi connectivity index (χ1n) is 7.70. The molecule has 2 heterocycles. The molecule has 0 unspecified atom stereocenters. The molecule has 1 aromatic heterocycles. The lowest BCUT2D eigenvalue weighted by atomic mass is 10.1. The first kappa shape index (κ1) is 14.6. The van der Waals surface area contributed by atoms with Crippen LogP contribution in [0.25, 0.3) is 20.2 Å². The minimum absolute atomic E-state index is 0.0394. The molecule has 0 radical (unpaired) electrons. The number of morpholine rings is 1. The van der Waals surface area contributed by atoms with E-state index in [4.69, 9.17) is 4.74 Å². The topological polar surface area (TPSA) is 49.8 Å². The number of aromatic hydroxyl groups is 1. The summed E-state index contributed by atoms with van der Waals surface area (Å²) in [6.45, 7) is 3.76. The second-order valence-electron chi connectivity index (χ2n) is 5.76. The zero-order chi connectivity index (χ0) is 15.8. The number of benzene rings is 2. The standard InChI is InChI=1S/C18H17NO3S/c20-15-6-5-13-17(21)12-3-1-2-4-16(12)23-18(13)14(15)11-19-7-9-22-10-8-19/h1-6,20H,7-11H2. The van der Waals surface area contributed by atoms with E-state index in [-0.39, 0.29) is 11.2 Å². The van der Waals surface area contributed by atoms with Crippen LogP contribution < -0.4 is 5.43 Å². The maximum atomic E-state index is 12.7. The van der Waals surface area contributed by atoms with Crippen molar-refractivity contribution in [2.45, 2.75) is 6.54 Å². The molecule has 4 rings (SSSR count). The van der Waals surface area contributed by atoms with E-state index < -0.39 is 0 Å². The predicted molar refractivity (Wildman–Crippen MR) is 93.4 cm³/mol. The van der Waals surface area contributed by atoms with Crippen LogP contribution in [0.1, 0.15) is 5.56 Å². The third-order valence-electron chi connectivity index (χ3n) is 4.31. The van der Waals surface area contributed by atoms with Gasteiger partial charge in [0.25, 0.3) is 0 Å². The van der Waals surface area contributed by atoms with Crippen LogP contribution in [0.5, 0.6) is 5.75 Å². The summed E-state index contributed by atoms with van der Waals surface area (Å²) in [4.78, 5) is 15.0. The summed E-state index contributed by atoms with van der Waals surface area (Å²) in [6, 6.07) is 11.0. The Balaban J connectivity index is 1.91. The molecule has 0 bridgehead atoms. The first-order valence-corrected chi connectivity index (χ1v) is 8.52. The van der Waals surface area contributed by atoms with Crippen molar-refractivity contribution in [3.8, 4) is 5.75 Å². The fourth-order valence-corrected chi connectivity index (χ4v) is 4.25. The van der Waals surface area contributed by atoms with Crippen LogP contribution >= 0.6 is 11.3 Å². The highest BCUT2D eigenvalue weighted by atomic mass is 32.1. The molecule has 118 valence electrons. The van der Waals surface area contributed by atoms with Crippen LogP contribution in [-0.2, 0) is 11.3 Å². The smallest absolute Gasteiger partial charge is 0.195 e. The van der Waals surface area contributed by atoms with Crippen LogP contribution in [-0.4, -0.2) is 36.3 Å². The first-order chi connectivity index (χ1) is 11.2. The van der Waals surface area contributed by atoms with Crippen LogP contribution in [0.4, 0.5) is 0 Å². The van der Waals surface area contributed by atoms with Crippen molar-refractivity contribution in [1.29, 1.82) is 0 Å². The van der Waals surface area contributed by atoms with Crippen molar-refractivity contribution in [3.05, 3.63) is 52.2 Å². The van der Waals surface area contributed by atoms with Gasteiger partial charge in [0.2, 0.25) is 0 Å². The summed E-state index contributed by atoms with van der Waals surface area (Å²) in [6.07, 6.45) is 0. The number of rotatable bonds is 2. The SMILES string of the molecule is O=c1c2ccccc2sc2c(CN3CCOCC3)c(O)ccc12. The molecule has 1 saturated heterocycles. The molecular formula is C18H17NO3S. The largest absolute Gasteiger partial charge is 0.508 e. The lowest BCUT2D eigenvalue weighted by Gasteiger charge is -2.27. The average Bonchev–Trinajstić information content (AvgIpc) is 2.59. The van der Waals surface area contributed by atoms with Crippen LogP contribution in [0, 0.1) is 0 Å². The van der Waals surface area contributed by atoms with Crippen molar-refractivity contribution in [1.82, 2.24) is 4.90 Å². The molecule has 0 saturated carbocycles. The van der Waals surface area contributed by atoms with Gasteiger partial charge in [0.05, 0.1) is 13.2 Å². The van der Waals surface area contributed by atoms with Gasteiger partial charge in [-0.1, -0.05) is 12.1 Å². The highest BCUT2D eigenvalue weighted by Crippen LogP contribution is 2.33. The normalized spacial score (nSPS) is 16.2. The highest BCUT2D eigenvalue weighted by molar-refractivity contribution is 7.24. The number of phenols is 1. The molecule has 1 aliphatic rings. The van der Waals surface area contributed by atoms with Gasteiger partial charge in [-0.25, -0.2) is 0 Å². The van der Waals surface area contributed by atoms with Crippen molar-refractivity contribution >= 4 is 31.5 Å². The van der Waals surface area contributed by atoms with Crippen LogP contribution in [0.15, 0.2) is 41.2 Å². The number of hydrogen-bond acceptors (Lipinski definition) is 5. The molecule has 0 atom stereocenters. The summed E-state index contributed by atoms with van der Waals surface area (Å²) in [5.74, 6) is 0.259. The Bertz CT molecular complexity index is 929. The average molecular weight is 327 g/mol. The fourth-order valence-electron chi connectivity index (χ4n) is 3.05. The van der Waals surface area contributed by atoms with Crippen molar-refractivity contribution in [2.24, 2.45) is 0 Å². The Hall–Kier alpha value is -1.95. The van der Waals surface area contributed by atoms with E-state index in [1.54, 1.807) is 23.5 Å². The molecule has 4 nitrogen and oxygen atoms in total. The zero-order valence-corrected chi connectivity index (χ0v) is 13.4. The molecule has 3 aromatic rings. The summed E-state index contributed by atoms with van der Waals surface area (Å²) < 4.78 is 7.23. The molecule has 0 aliphatic carbocycles. The van der Waals surface area contributed by atoms with Crippen LogP contribution in [0.3, 0.4) is 0 Å². The summed E-state index contributed by atoms with van der Waals surface area (Å²) in [5, 5.41) is 11.8. The molecule has 0 amide bonds. The third kappa shape index (κ3) is 2.61. The predicted octanol–water partition coefficient (Wildman–Crippen LogP) is 2.95. The van der Waals surface area contributed by atoms with Gasteiger partial charge >= 0.3 is 0 Å². The third-order valence-corrected chi connectivity index (χ3v) is 5.56. The van der Waals surface area contributed by atoms with Gasteiger partial charge in [0, 0.05) is 45.4 Å². The maximum Gasteiger partial charge on any atom is 0.195 e. The van der Waals surface area contributed by atoms with E-state index in [1.807, 2.05) is 24.3 Å². The van der Waals surface area contributed by atoms with Gasteiger partial charge in [-0.15, -0.1) is 11.3 Å². The Morgan fingerprint density at radius 3 is 2.70 bits per heavy atom. The summed E-state index contributed by atoms with van der Waals surface area (Å²) in [7, 11) is 0. The van der Waals surface area contributed by atoms with Gasteiger partial charge in [-0.3, -0.25) is 9.69 Å². The monoisotopic (exact) mass is 327 g/mol. The maximum absolute atomic E-state index is 12.7. The number of ether oxygens (including phenoxy) is 1. The van der Waals surface area contributed by atoms with Gasteiger partial charge in [-0.05, 0) is 24.3 Å². The summed E-state index contributed by atoms with van der Waals surface area (Å²) >= 11 is 1.58. The van der Waals surface area contributed by atoms with Crippen molar-refractivity contribution in [2.75, 3.05) is 26.3 Å². The Morgan fingerprint density at radius 1 is 1.09 bits per heavy atom. The Morgan fingerprint density at radius 2 is 1.87 bits per heavy atom. The Kier molecular flexibility index (Phi) is 3.77. The molecule has 1 fully saturated rings. The van der Waals surface area contributed by atoms with Crippen molar-refractivity contribution in [3.63, 3.8) is 0 Å². The minimum atomic E-state index is 0.0394. The van der Waals surface area contributed by atoms with Gasteiger partial charge in [0.1, 0.15) is 5.75 Å². The number of fused-ring (bicyclic) bond motifs is 2. The molecule has 0 spiro atoms. The van der Waals surface area contributed by atoms with Gasteiger partial charge < -0.3 is 9.84 Å². The van der Waals surface area contributed by atoms with E-state index >= 15 is 0 Å². The molecule has 2 aromatic carbocycles. The lowest BCUT2D eigenvalue weighted by molar-refractivity contribution is 0.0341. The second-order valence-corrected chi connectivity index (χ2v) is 6.81. The van der Waals surface area contributed by atoms with E-state index in [9.17, 15) is 9.90 Å². The molecule has 23 heavy (non-hydrogen) atoms. The number of nitrogens with zero attached hydrogens (tertiary/aromatic N) is 1. The minimum Gasteiger partial charge on any atom is -0.508 e. The fraction of sp³-hybridized carbons (Fsp3) is 0.278. The number of hydrogen-bond donors (Lipinski definition) is 1. The quantitative estimate of drug-likeness (QED) is 0.735. The second kappa shape index (κ2) is 5.92. The molecule has 5 heteroatoms. The zero-order valence-electron chi connectivity index (χ0n) is 12.6. The van der Waals surface area contributed by atoms with Crippen LogP contribution in [0.2, 0.25) is 0 Å². The Labute approximate surface area is 137 Å². The summed E-state index contributed by atoms with van der Waals surface area (Å²) in [5.41, 5.74) is 0.884. The molecule has 1 aliphatic heterocycles. The lowest BCUT2D eigenvalue weighted by Crippen LogP contribution is -2.35. The van der Waals surface area contributed by atoms with Crippen molar-refractivity contribution < 1.29 is 9.84 Å². The van der Waals surface area contributed by atoms with E-state index in [2.05, 4.69) is 4.90 Å². The van der Waals surface area contributed by atoms with Gasteiger partial charge in [0.15, 0.2) is 5.43 Å². The number of phenolic OH excluding ortho intramolecular Hbond substituents is 1. The highest BCUT2D eigenvalue weighted by Gasteiger charge is 2.17. The van der Waals surface area contributed by atoms with E-state index in [1.165, 1.54) is 0 Å².